The largest absolute Gasteiger partial charge is 0.489 e. The molecule has 0 aliphatic carbocycles. The number of thiophene rings is 1. The van der Waals surface area contributed by atoms with E-state index in [2.05, 4.69) is 5.16 Å². The van der Waals surface area contributed by atoms with Crippen molar-refractivity contribution in [3.8, 4) is 22.8 Å². The van der Waals surface area contributed by atoms with Crippen molar-refractivity contribution in [2.24, 2.45) is 0 Å². The SMILES string of the molecule is CCOC(=O)c1cc(-c2ccc(OCc3ccsc3)cc2O[C@@H](CCC(=O)O)c2ccccc2C)no1. The van der Waals surface area contributed by atoms with Crippen LogP contribution in [0, 0.1) is 6.92 Å². The summed E-state index contributed by atoms with van der Waals surface area (Å²) in [4.78, 5) is 23.5. The number of nitrogens with zero attached hydrogens (tertiary/aromatic N) is 1. The van der Waals surface area contributed by atoms with Crippen LogP contribution in [0.4, 0.5) is 0 Å². The fourth-order valence-electron chi connectivity index (χ4n) is 3.78. The number of rotatable bonds is 12. The number of esters is 1. The number of aromatic nitrogens is 1. The molecule has 0 aliphatic rings. The minimum Gasteiger partial charge on any atom is -0.489 e. The Kier molecular flexibility index (Phi) is 8.58. The van der Waals surface area contributed by atoms with E-state index < -0.39 is 18.0 Å². The first-order valence-corrected chi connectivity index (χ1v) is 12.7. The molecule has 37 heavy (non-hydrogen) atoms. The number of aryl methyl sites for hydroxylation is 1. The van der Waals surface area contributed by atoms with Crippen LogP contribution in [0.3, 0.4) is 0 Å². The Bertz CT molecular complexity index is 1350. The quantitative estimate of drug-likeness (QED) is 0.212. The van der Waals surface area contributed by atoms with Gasteiger partial charge in [-0.2, -0.15) is 11.3 Å². The molecular weight excluding hydrogens is 494 g/mol. The van der Waals surface area contributed by atoms with E-state index >= 15 is 0 Å². The highest BCUT2D eigenvalue weighted by molar-refractivity contribution is 7.07. The topological polar surface area (TPSA) is 108 Å². The molecule has 192 valence electrons. The summed E-state index contributed by atoms with van der Waals surface area (Å²) in [7, 11) is 0. The van der Waals surface area contributed by atoms with Crippen LogP contribution in [0.5, 0.6) is 11.5 Å². The summed E-state index contributed by atoms with van der Waals surface area (Å²) < 4.78 is 22.7. The smallest absolute Gasteiger partial charge is 0.377 e. The standard InChI is InChI=1S/C28H27NO7S/c1-3-33-28(32)26-15-23(29-36-26)22-9-8-20(34-16-19-12-13-37-17-19)14-25(22)35-24(10-11-27(30)31)21-7-5-4-6-18(21)2/h4-9,12-15,17,24H,3,10-11,16H2,1-2H3,(H,30,31)/t24-/m0/s1. The second-order valence-corrected chi connectivity index (χ2v) is 9.05. The van der Waals surface area contributed by atoms with E-state index in [1.165, 1.54) is 6.07 Å². The van der Waals surface area contributed by atoms with Crippen molar-refractivity contribution >= 4 is 23.3 Å². The Morgan fingerprint density at radius 2 is 1.97 bits per heavy atom. The van der Waals surface area contributed by atoms with Gasteiger partial charge in [0, 0.05) is 24.1 Å². The van der Waals surface area contributed by atoms with Gasteiger partial charge < -0.3 is 23.8 Å². The van der Waals surface area contributed by atoms with Gasteiger partial charge in [-0.3, -0.25) is 4.79 Å². The Labute approximate surface area is 218 Å². The van der Waals surface area contributed by atoms with Crippen LogP contribution in [0.2, 0.25) is 0 Å². The Morgan fingerprint density at radius 3 is 2.70 bits per heavy atom. The first-order valence-electron chi connectivity index (χ1n) is 11.8. The highest BCUT2D eigenvalue weighted by atomic mass is 32.1. The van der Waals surface area contributed by atoms with Gasteiger partial charge in [0.05, 0.1) is 6.61 Å². The van der Waals surface area contributed by atoms with Crippen LogP contribution in [0.15, 0.2) is 69.9 Å². The number of carbonyl (C=O) groups is 2. The molecule has 2 aromatic heterocycles. The summed E-state index contributed by atoms with van der Waals surface area (Å²) in [5.41, 5.74) is 3.86. The van der Waals surface area contributed by atoms with Gasteiger partial charge in [0.2, 0.25) is 5.76 Å². The third-order valence-corrected chi connectivity index (χ3v) is 6.36. The van der Waals surface area contributed by atoms with Crippen molar-refractivity contribution < 1.29 is 33.4 Å². The molecular formula is C28H27NO7S. The van der Waals surface area contributed by atoms with Crippen LogP contribution in [-0.4, -0.2) is 28.8 Å². The fraction of sp³-hybridized carbons (Fsp3) is 0.250. The average molecular weight is 522 g/mol. The van der Waals surface area contributed by atoms with Crippen molar-refractivity contribution in [1.82, 2.24) is 5.16 Å². The zero-order chi connectivity index (χ0) is 26.2. The van der Waals surface area contributed by atoms with E-state index in [0.29, 0.717) is 29.4 Å². The lowest BCUT2D eigenvalue weighted by molar-refractivity contribution is -0.137. The number of hydrogen-bond donors (Lipinski definition) is 1. The van der Waals surface area contributed by atoms with E-state index in [9.17, 15) is 14.7 Å². The molecule has 4 rings (SSSR count). The molecule has 1 N–H and O–H groups in total. The second kappa shape index (κ2) is 12.2. The van der Waals surface area contributed by atoms with Gasteiger partial charge in [0.25, 0.3) is 0 Å². The maximum absolute atomic E-state index is 12.1. The van der Waals surface area contributed by atoms with Gasteiger partial charge in [0.1, 0.15) is 29.9 Å². The second-order valence-electron chi connectivity index (χ2n) is 8.27. The predicted molar refractivity (Wildman–Crippen MR) is 138 cm³/mol. The number of carboxylic acids is 1. The maximum Gasteiger partial charge on any atom is 0.377 e. The summed E-state index contributed by atoms with van der Waals surface area (Å²) in [5, 5.41) is 17.4. The van der Waals surface area contributed by atoms with Gasteiger partial charge in [-0.1, -0.05) is 29.4 Å². The van der Waals surface area contributed by atoms with E-state index in [1.54, 1.807) is 36.5 Å². The van der Waals surface area contributed by atoms with Crippen molar-refractivity contribution in [1.29, 1.82) is 0 Å². The molecule has 9 heteroatoms. The normalized spacial score (nSPS) is 11.6. The Morgan fingerprint density at radius 1 is 1.14 bits per heavy atom. The van der Waals surface area contributed by atoms with Crippen LogP contribution < -0.4 is 9.47 Å². The Hall–Kier alpha value is -4.11. The summed E-state index contributed by atoms with van der Waals surface area (Å²) in [6.07, 6.45) is -0.355. The minimum absolute atomic E-state index is 0.0260. The van der Waals surface area contributed by atoms with Gasteiger partial charge >= 0.3 is 11.9 Å². The molecule has 0 radical (unpaired) electrons. The Balaban J connectivity index is 1.70. The third-order valence-electron chi connectivity index (χ3n) is 5.63. The predicted octanol–water partition coefficient (Wildman–Crippen LogP) is 6.45. The van der Waals surface area contributed by atoms with Crippen LogP contribution in [0.1, 0.15) is 53.1 Å². The molecule has 8 nitrogen and oxygen atoms in total. The zero-order valence-electron chi connectivity index (χ0n) is 20.5. The van der Waals surface area contributed by atoms with Gasteiger partial charge in [0.15, 0.2) is 0 Å². The number of benzene rings is 2. The van der Waals surface area contributed by atoms with Crippen LogP contribution in [0.25, 0.3) is 11.3 Å². The summed E-state index contributed by atoms with van der Waals surface area (Å²) in [5.74, 6) is -0.558. The van der Waals surface area contributed by atoms with Crippen molar-refractivity contribution in [3.05, 3.63) is 87.8 Å². The molecule has 0 bridgehead atoms. The maximum atomic E-state index is 12.1. The molecule has 1 atom stereocenters. The molecule has 0 fully saturated rings. The highest BCUT2D eigenvalue weighted by Gasteiger charge is 2.22. The monoisotopic (exact) mass is 521 g/mol. The highest BCUT2D eigenvalue weighted by Crippen LogP contribution is 2.38. The lowest BCUT2D eigenvalue weighted by Crippen LogP contribution is -2.12. The first kappa shape index (κ1) is 26.0. The number of ether oxygens (including phenoxy) is 3. The van der Waals surface area contributed by atoms with E-state index in [0.717, 1.165) is 16.7 Å². The van der Waals surface area contributed by atoms with E-state index in [-0.39, 0.29) is 25.2 Å². The number of aliphatic carboxylic acids is 1. The zero-order valence-corrected chi connectivity index (χ0v) is 21.3. The molecule has 0 spiro atoms. The first-order chi connectivity index (χ1) is 17.9. The van der Waals surface area contributed by atoms with E-state index in [4.69, 9.17) is 18.7 Å². The van der Waals surface area contributed by atoms with Gasteiger partial charge in [-0.25, -0.2) is 4.79 Å². The average Bonchev–Trinajstić information content (AvgIpc) is 3.59. The lowest BCUT2D eigenvalue weighted by Gasteiger charge is -2.22. The van der Waals surface area contributed by atoms with Crippen molar-refractivity contribution in [3.63, 3.8) is 0 Å². The molecule has 0 saturated carbocycles. The van der Waals surface area contributed by atoms with Crippen molar-refractivity contribution in [2.45, 2.75) is 39.4 Å². The molecule has 0 amide bonds. The third kappa shape index (κ3) is 6.77. The number of hydrogen-bond acceptors (Lipinski definition) is 8. The minimum atomic E-state index is -0.911. The number of carbonyl (C=O) groups excluding carboxylic acids is 1. The lowest BCUT2D eigenvalue weighted by atomic mass is 9.99. The van der Waals surface area contributed by atoms with Gasteiger partial charge in [-0.05, 0) is 65.9 Å². The number of carboxylic acid groups (broad SMARTS) is 1. The molecule has 0 unspecified atom stereocenters. The molecule has 0 saturated heterocycles. The molecule has 4 aromatic rings. The van der Waals surface area contributed by atoms with Crippen LogP contribution in [-0.2, 0) is 16.1 Å². The summed E-state index contributed by atoms with van der Waals surface area (Å²) >= 11 is 1.59. The van der Waals surface area contributed by atoms with Gasteiger partial charge in [-0.15, -0.1) is 0 Å². The molecule has 2 heterocycles. The van der Waals surface area contributed by atoms with Crippen molar-refractivity contribution in [2.75, 3.05) is 6.61 Å². The molecule has 2 aromatic carbocycles. The van der Waals surface area contributed by atoms with E-state index in [1.807, 2.05) is 48.0 Å². The summed E-state index contributed by atoms with van der Waals surface area (Å²) in [6.45, 7) is 4.26. The summed E-state index contributed by atoms with van der Waals surface area (Å²) in [6, 6.07) is 16.5. The fourth-order valence-corrected chi connectivity index (χ4v) is 4.43. The van der Waals surface area contributed by atoms with Crippen LogP contribution >= 0.6 is 11.3 Å². The molecule has 0 aliphatic heterocycles.